The number of terminal acetylenes is 1. The first kappa shape index (κ1) is 13.5. The Labute approximate surface area is 101 Å². The zero-order chi connectivity index (χ0) is 12.0. The summed E-state index contributed by atoms with van der Waals surface area (Å²) in [7, 11) is 4.35. The van der Waals surface area contributed by atoms with E-state index in [2.05, 4.69) is 37.2 Å². The number of likely N-dealkylation sites (N-methyl/N-ethyl adjacent to an activating group) is 2. The van der Waals surface area contributed by atoms with Crippen LogP contribution in [0.25, 0.3) is 0 Å². The highest BCUT2D eigenvalue weighted by Gasteiger charge is 2.39. The minimum atomic E-state index is 0.168. The van der Waals surface area contributed by atoms with Gasteiger partial charge < -0.3 is 10.2 Å². The molecule has 0 spiro atoms. The molecule has 0 saturated heterocycles. The first-order valence-corrected chi connectivity index (χ1v) is 6.54. The highest BCUT2D eigenvalue weighted by molar-refractivity contribution is 5.13. The molecule has 1 rings (SSSR count). The third-order valence-corrected chi connectivity index (χ3v) is 3.97. The molecule has 1 aliphatic carbocycles. The maximum atomic E-state index is 5.72. The summed E-state index contributed by atoms with van der Waals surface area (Å²) in [6, 6.07) is 0.186. The monoisotopic (exact) mass is 222 g/mol. The Balaban J connectivity index is 2.88. The standard InChI is InChI=1S/C14H26N2/c1-5-13(15-6-2)14(16(3)4)11-9-7-8-10-12-14/h1,13,15H,6-12H2,2-4H3. The van der Waals surface area contributed by atoms with Gasteiger partial charge >= 0.3 is 0 Å². The van der Waals surface area contributed by atoms with E-state index in [0.29, 0.717) is 0 Å². The molecule has 1 unspecified atom stereocenters. The van der Waals surface area contributed by atoms with Gasteiger partial charge in [-0.15, -0.1) is 6.42 Å². The molecule has 0 bridgehead atoms. The molecule has 1 saturated carbocycles. The first-order valence-electron chi connectivity index (χ1n) is 6.54. The molecule has 1 N–H and O–H groups in total. The van der Waals surface area contributed by atoms with Crippen molar-refractivity contribution in [3.63, 3.8) is 0 Å². The summed E-state index contributed by atoms with van der Waals surface area (Å²) >= 11 is 0. The molecule has 0 radical (unpaired) electrons. The van der Waals surface area contributed by atoms with E-state index in [4.69, 9.17) is 6.42 Å². The normalized spacial score (nSPS) is 22.4. The van der Waals surface area contributed by atoms with Crippen molar-refractivity contribution in [2.24, 2.45) is 0 Å². The second-order valence-corrected chi connectivity index (χ2v) is 5.07. The van der Waals surface area contributed by atoms with Gasteiger partial charge in [0.1, 0.15) is 0 Å². The quantitative estimate of drug-likeness (QED) is 0.580. The van der Waals surface area contributed by atoms with E-state index in [-0.39, 0.29) is 11.6 Å². The maximum Gasteiger partial charge on any atom is 0.0873 e. The topological polar surface area (TPSA) is 15.3 Å². The molecule has 1 atom stereocenters. The smallest absolute Gasteiger partial charge is 0.0873 e. The Hall–Kier alpha value is -0.520. The van der Waals surface area contributed by atoms with Crippen LogP contribution in [-0.4, -0.2) is 37.1 Å². The maximum absolute atomic E-state index is 5.72. The van der Waals surface area contributed by atoms with Crippen LogP contribution in [0.1, 0.15) is 45.4 Å². The number of hydrogen-bond donors (Lipinski definition) is 1. The number of nitrogens with zero attached hydrogens (tertiary/aromatic N) is 1. The largest absolute Gasteiger partial charge is 0.302 e. The van der Waals surface area contributed by atoms with Crippen molar-refractivity contribution < 1.29 is 0 Å². The third kappa shape index (κ3) is 2.78. The molecular formula is C14H26N2. The molecule has 1 fully saturated rings. The predicted molar refractivity (Wildman–Crippen MR) is 70.4 cm³/mol. The van der Waals surface area contributed by atoms with Gasteiger partial charge in [-0.05, 0) is 33.5 Å². The van der Waals surface area contributed by atoms with Gasteiger partial charge in [0.25, 0.3) is 0 Å². The predicted octanol–water partition coefficient (Wildman–Crippen LogP) is 2.25. The molecule has 0 amide bonds. The van der Waals surface area contributed by atoms with Crippen LogP contribution in [0.15, 0.2) is 0 Å². The fourth-order valence-electron chi connectivity index (χ4n) is 2.94. The third-order valence-electron chi connectivity index (χ3n) is 3.97. The summed E-state index contributed by atoms with van der Waals surface area (Å²) in [5.74, 6) is 2.97. The van der Waals surface area contributed by atoms with Gasteiger partial charge in [-0.2, -0.15) is 0 Å². The minimum Gasteiger partial charge on any atom is -0.302 e. The lowest BCUT2D eigenvalue weighted by atomic mass is 9.81. The number of nitrogens with one attached hydrogen (secondary N) is 1. The molecule has 0 aliphatic heterocycles. The first-order chi connectivity index (χ1) is 7.67. The van der Waals surface area contributed by atoms with E-state index in [9.17, 15) is 0 Å². The zero-order valence-electron chi connectivity index (χ0n) is 11.1. The van der Waals surface area contributed by atoms with Crippen LogP contribution in [0.2, 0.25) is 0 Å². The van der Waals surface area contributed by atoms with Crippen molar-refractivity contribution in [1.29, 1.82) is 0 Å². The lowest BCUT2D eigenvalue weighted by Gasteiger charge is -2.44. The zero-order valence-corrected chi connectivity index (χ0v) is 11.1. The van der Waals surface area contributed by atoms with Gasteiger partial charge in [0.15, 0.2) is 0 Å². The second-order valence-electron chi connectivity index (χ2n) is 5.07. The van der Waals surface area contributed by atoms with Crippen LogP contribution < -0.4 is 5.32 Å². The van der Waals surface area contributed by atoms with Crippen LogP contribution in [0.3, 0.4) is 0 Å². The van der Waals surface area contributed by atoms with Crippen LogP contribution in [0.4, 0.5) is 0 Å². The Kier molecular flexibility index (Phi) is 5.31. The Morgan fingerprint density at radius 3 is 2.19 bits per heavy atom. The lowest BCUT2D eigenvalue weighted by Crippen LogP contribution is -2.58. The van der Waals surface area contributed by atoms with Crippen molar-refractivity contribution >= 4 is 0 Å². The molecule has 0 aromatic heterocycles. The fourth-order valence-corrected chi connectivity index (χ4v) is 2.94. The molecule has 2 heteroatoms. The summed E-state index contributed by atoms with van der Waals surface area (Å²) in [5.41, 5.74) is 0.168. The van der Waals surface area contributed by atoms with E-state index in [1.165, 1.54) is 38.5 Å². The van der Waals surface area contributed by atoms with E-state index in [1.807, 2.05) is 0 Å². The molecule has 92 valence electrons. The van der Waals surface area contributed by atoms with E-state index in [1.54, 1.807) is 0 Å². The molecule has 0 aromatic rings. The second kappa shape index (κ2) is 6.27. The van der Waals surface area contributed by atoms with E-state index < -0.39 is 0 Å². The average molecular weight is 222 g/mol. The van der Waals surface area contributed by atoms with Crippen LogP contribution in [0.5, 0.6) is 0 Å². The van der Waals surface area contributed by atoms with Gasteiger partial charge in [-0.3, -0.25) is 0 Å². The highest BCUT2D eigenvalue weighted by Crippen LogP contribution is 2.33. The fraction of sp³-hybridized carbons (Fsp3) is 0.857. The Morgan fingerprint density at radius 2 is 1.81 bits per heavy atom. The van der Waals surface area contributed by atoms with Crippen LogP contribution in [-0.2, 0) is 0 Å². The minimum absolute atomic E-state index is 0.168. The summed E-state index contributed by atoms with van der Waals surface area (Å²) in [6.07, 6.45) is 13.5. The van der Waals surface area contributed by atoms with Crippen molar-refractivity contribution in [1.82, 2.24) is 10.2 Å². The van der Waals surface area contributed by atoms with Gasteiger partial charge in [0.05, 0.1) is 6.04 Å². The van der Waals surface area contributed by atoms with Gasteiger partial charge in [-0.25, -0.2) is 0 Å². The lowest BCUT2D eigenvalue weighted by molar-refractivity contribution is 0.103. The molecule has 0 heterocycles. The Bertz CT molecular complexity index is 232. The molecule has 2 nitrogen and oxygen atoms in total. The van der Waals surface area contributed by atoms with E-state index >= 15 is 0 Å². The van der Waals surface area contributed by atoms with Crippen molar-refractivity contribution in [3.05, 3.63) is 0 Å². The van der Waals surface area contributed by atoms with Crippen molar-refractivity contribution in [3.8, 4) is 12.3 Å². The number of rotatable bonds is 4. The molecule has 1 aliphatic rings. The summed E-state index contributed by atoms with van der Waals surface area (Å²) in [5, 5.41) is 3.47. The van der Waals surface area contributed by atoms with Gasteiger partial charge in [0, 0.05) is 5.54 Å². The van der Waals surface area contributed by atoms with Crippen LogP contribution >= 0.6 is 0 Å². The van der Waals surface area contributed by atoms with E-state index in [0.717, 1.165) is 6.54 Å². The average Bonchev–Trinajstić information content (AvgIpc) is 2.52. The Morgan fingerprint density at radius 1 is 1.25 bits per heavy atom. The number of hydrogen-bond acceptors (Lipinski definition) is 2. The summed E-state index contributed by atoms with van der Waals surface area (Å²) in [4.78, 5) is 2.35. The summed E-state index contributed by atoms with van der Waals surface area (Å²) < 4.78 is 0. The highest BCUT2D eigenvalue weighted by atomic mass is 15.2. The van der Waals surface area contributed by atoms with Gasteiger partial charge in [-0.1, -0.05) is 38.5 Å². The summed E-state index contributed by atoms with van der Waals surface area (Å²) in [6.45, 7) is 3.08. The molecule has 0 aromatic carbocycles. The van der Waals surface area contributed by atoms with Crippen LogP contribution in [0, 0.1) is 12.3 Å². The molecular weight excluding hydrogens is 196 g/mol. The van der Waals surface area contributed by atoms with Crippen molar-refractivity contribution in [2.45, 2.75) is 57.0 Å². The van der Waals surface area contributed by atoms with Crippen molar-refractivity contribution in [2.75, 3.05) is 20.6 Å². The molecule has 16 heavy (non-hydrogen) atoms. The SMILES string of the molecule is C#CC(NCC)C1(N(C)C)CCCCCC1. The van der Waals surface area contributed by atoms with Gasteiger partial charge in [0.2, 0.25) is 0 Å².